The van der Waals surface area contributed by atoms with Crippen molar-refractivity contribution in [3.8, 4) is 0 Å². The molecule has 1 heteroatoms. The van der Waals surface area contributed by atoms with Gasteiger partial charge in [0.25, 0.3) is 0 Å². The minimum absolute atomic E-state index is 0.180. The van der Waals surface area contributed by atoms with E-state index in [1.54, 1.807) is 11.6 Å². The van der Waals surface area contributed by atoms with Crippen molar-refractivity contribution in [3.63, 3.8) is 0 Å². The Kier molecular flexibility index (Phi) is 3.98. The van der Waals surface area contributed by atoms with Gasteiger partial charge in [-0.25, -0.2) is 0 Å². The van der Waals surface area contributed by atoms with Crippen molar-refractivity contribution in [1.29, 1.82) is 0 Å². The zero-order valence-electron chi connectivity index (χ0n) is 15.2. The molecule has 0 unspecified atom stereocenters. The van der Waals surface area contributed by atoms with Gasteiger partial charge in [0.2, 0.25) is 0 Å². The Hall–Kier alpha value is -1.11. The summed E-state index contributed by atoms with van der Waals surface area (Å²) in [5.41, 5.74) is 1.83. The molecule has 2 fully saturated rings. The summed E-state index contributed by atoms with van der Waals surface area (Å²) in [7, 11) is 0. The second kappa shape index (κ2) is 5.46. The first kappa shape index (κ1) is 16.7. The van der Waals surface area contributed by atoms with Crippen LogP contribution < -0.4 is 0 Å². The van der Waals surface area contributed by atoms with Crippen LogP contribution in [0.15, 0.2) is 37.0 Å². The predicted octanol–water partition coefficient (Wildman–Crippen LogP) is 5.88. The number of ketones is 1. The van der Waals surface area contributed by atoms with E-state index >= 15 is 0 Å². The molecule has 0 saturated heterocycles. The fourth-order valence-corrected chi connectivity index (χ4v) is 6.29. The molecule has 0 aromatic rings. The van der Waals surface area contributed by atoms with Crippen LogP contribution in [0.4, 0.5) is 0 Å². The van der Waals surface area contributed by atoms with Crippen molar-refractivity contribution >= 4 is 5.78 Å². The highest BCUT2D eigenvalue weighted by Gasteiger charge is 2.58. The van der Waals surface area contributed by atoms with Gasteiger partial charge in [-0.15, -0.1) is 6.58 Å². The Morgan fingerprint density at radius 2 is 1.91 bits per heavy atom. The molecule has 0 N–H and O–H groups in total. The second-order valence-electron chi connectivity index (χ2n) is 8.85. The Morgan fingerprint density at radius 1 is 1.17 bits per heavy atom. The summed E-state index contributed by atoms with van der Waals surface area (Å²) in [6.07, 6.45) is 14.4. The van der Waals surface area contributed by atoms with Gasteiger partial charge in [0.1, 0.15) is 0 Å². The minimum Gasteiger partial charge on any atom is -0.294 e. The summed E-state index contributed by atoms with van der Waals surface area (Å²) < 4.78 is 0. The molecule has 0 aliphatic heterocycles. The minimum atomic E-state index is -0.220. The molecular weight excluding hydrogens is 280 g/mol. The predicted molar refractivity (Wildman–Crippen MR) is 97.1 cm³/mol. The average Bonchev–Trinajstić information content (AvgIpc) is 2.54. The van der Waals surface area contributed by atoms with Crippen LogP contribution >= 0.6 is 0 Å². The van der Waals surface area contributed by atoms with Gasteiger partial charge in [0.15, 0.2) is 5.78 Å². The van der Waals surface area contributed by atoms with Crippen LogP contribution in [0, 0.1) is 28.1 Å². The Labute approximate surface area is 141 Å². The summed E-state index contributed by atoms with van der Waals surface area (Å²) in [6, 6.07) is 0. The van der Waals surface area contributed by atoms with Crippen molar-refractivity contribution < 1.29 is 4.79 Å². The molecule has 0 aromatic heterocycles. The molecule has 3 aliphatic carbocycles. The van der Waals surface area contributed by atoms with Crippen molar-refractivity contribution in [1.82, 2.24) is 0 Å². The van der Waals surface area contributed by atoms with Crippen LogP contribution in [0.1, 0.15) is 65.7 Å². The molecule has 0 heterocycles. The molecular formula is C22H32O. The molecule has 3 aliphatic rings. The lowest BCUT2D eigenvalue weighted by Gasteiger charge is -2.60. The number of fused-ring (bicyclic) bond motifs is 3. The van der Waals surface area contributed by atoms with Gasteiger partial charge in [-0.05, 0) is 67.3 Å². The van der Waals surface area contributed by atoms with Gasteiger partial charge in [-0.2, -0.15) is 0 Å². The summed E-state index contributed by atoms with van der Waals surface area (Å²) in [5.74, 6) is 1.34. The number of hydrogen-bond acceptors (Lipinski definition) is 1. The van der Waals surface area contributed by atoms with Crippen molar-refractivity contribution in [2.45, 2.75) is 65.7 Å². The van der Waals surface area contributed by atoms with E-state index in [0.29, 0.717) is 11.8 Å². The average molecular weight is 312 g/mol. The largest absolute Gasteiger partial charge is 0.294 e. The normalized spacial score (nSPS) is 46.1. The maximum absolute atomic E-state index is 12.7. The molecule has 0 spiro atoms. The highest BCUT2D eigenvalue weighted by Crippen LogP contribution is 2.65. The molecule has 0 radical (unpaired) electrons. The van der Waals surface area contributed by atoms with Gasteiger partial charge in [0.05, 0.1) is 0 Å². The fraction of sp³-hybridized carbons (Fsp3) is 0.682. The van der Waals surface area contributed by atoms with Gasteiger partial charge in [0, 0.05) is 5.41 Å². The van der Waals surface area contributed by atoms with Crippen LogP contribution in [0.5, 0.6) is 0 Å². The number of carbonyl (C=O) groups is 1. The van der Waals surface area contributed by atoms with Gasteiger partial charge in [-0.3, -0.25) is 4.79 Å². The van der Waals surface area contributed by atoms with E-state index in [4.69, 9.17) is 0 Å². The van der Waals surface area contributed by atoms with Gasteiger partial charge in [-0.1, -0.05) is 51.5 Å². The molecule has 3 rings (SSSR count). The highest BCUT2D eigenvalue weighted by molar-refractivity contribution is 5.94. The summed E-state index contributed by atoms with van der Waals surface area (Å²) in [6.45, 7) is 15.0. The third kappa shape index (κ3) is 2.22. The third-order valence-corrected chi connectivity index (χ3v) is 7.77. The number of allylic oxidation sites excluding steroid dienone is 4. The van der Waals surface area contributed by atoms with E-state index in [2.05, 4.69) is 46.1 Å². The number of rotatable bonds is 3. The Morgan fingerprint density at radius 3 is 2.57 bits per heavy atom. The summed E-state index contributed by atoms with van der Waals surface area (Å²) in [5, 5.41) is 0. The van der Waals surface area contributed by atoms with Crippen LogP contribution in [0.2, 0.25) is 0 Å². The quantitative estimate of drug-likeness (QED) is 0.470. The zero-order chi connectivity index (χ0) is 16.9. The van der Waals surface area contributed by atoms with E-state index in [-0.39, 0.29) is 22.0 Å². The first-order chi connectivity index (χ1) is 10.8. The molecule has 23 heavy (non-hydrogen) atoms. The monoisotopic (exact) mass is 312 g/mol. The zero-order valence-corrected chi connectivity index (χ0v) is 15.2. The summed E-state index contributed by atoms with van der Waals surface area (Å²) in [4.78, 5) is 12.7. The molecule has 0 aromatic carbocycles. The topological polar surface area (TPSA) is 17.1 Å². The van der Waals surface area contributed by atoms with Crippen LogP contribution in [-0.4, -0.2) is 5.78 Å². The molecule has 0 bridgehead atoms. The van der Waals surface area contributed by atoms with Crippen molar-refractivity contribution in [3.05, 3.63) is 37.0 Å². The fourth-order valence-electron chi connectivity index (χ4n) is 6.29. The maximum Gasteiger partial charge on any atom is 0.161 e. The van der Waals surface area contributed by atoms with Crippen LogP contribution in [-0.2, 0) is 4.79 Å². The molecule has 2 saturated carbocycles. The standard InChI is InChI=1S/C22H32O/c1-6-19(23)22(5)15-9-14-21(4)17-10-8-13-20(3,7-2)16(17)11-12-18(21)22/h6-7,10,16,18H,1-2,8-9,11-15H2,3-5H3/t16-,18+,20+,21+,22-/m1/s1. The van der Waals surface area contributed by atoms with E-state index in [1.807, 2.05) is 0 Å². The lowest BCUT2D eigenvalue weighted by molar-refractivity contribution is -0.135. The molecule has 5 atom stereocenters. The highest BCUT2D eigenvalue weighted by atomic mass is 16.1. The molecule has 0 amide bonds. The Balaban J connectivity index is 2.04. The first-order valence-corrected chi connectivity index (χ1v) is 9.33. The van der Waals surface area contributed by atoms with E-state index in [1.165, 1.54) is 19.3 Å². The van der Waals surface area contributed by atoms with E-state index < -0.39 is 0 Å². The van der Waals surface area contributed by atoms with E-state index in [0.717, 1.165) is 25.7 Å². The number of carbonyl (C=O) groups excluding carboxylic acids is 1. The second-order valence-corrected chi connectivity index (χ2v) is 8.85. The first-order valence-electron chi connectivity index (χ1n) is 9.33. The molecule has 126 valence electrons. The van der Waals surface area contributed by atoms with Gasteiger partial charge < -0.3 is 0 Å². The lowest BCUT2D eigenvalue weighted by atomic mass is 9.44. The third-order valence-electron chi connectivity index (χ3n) is 7.77. The van der Waals surface area contributed by atoms with Crippen LogP contribution in [0.25, 0.3) is 0 Å². The Bertz CT molecular complexity index is 571. The van der Waals surface area contributed by atoms with Gasteiger partial charge >= 0.3 is 0 Å². The van der Waals surface area contributed by atoms with E-state index in [9.17, 15) is 4.79 Å². The lowest BCUT2D eigenvalue weighted by Crippen LogP contribution is -2.53. The van der Waals surface area contributed by atoms with Crippen molar-refractivity contribution in [2.75, 3.05) is 0 Å². The van der Waals surface area contributed by atoms with Crippen molar-refractivity contribution in [2.24, 2.45) is 28.1 Å². The number of hydrogen-bond donors (Lipinski definition) is 0. The smallest absolute Gasteiger partial charge is 0.161 e. The van der Waals surface area contributed by atoms with Crippen LogP contribution in [0.3, 0.4) is 0 Å². The molecule has 1 nitrogen and oxygen atoms in total. The maximum atomic E-state index is 12.7. The SMILES string of the molecule is C=CC(=O)[C@]1(C)CCC[C@@]2(C)C3=CCC[C@](C)(C=C)[C@@H]3CC[C@H]12. The summed E-state index contributed by atoms with van der Waals surface area (Å²) >= 11 is 0.